The Hall–Kier alpha value is -1.50. The zero-order valence-corrected chi connectivity index (χ0v) is 11.4. The van der Waals surface area contributed by atoms with Gasteiger partial charge in [-0.1, -0.05) is 24.2 Å². The average Bonchev–Trinajstić information content (AvgIpc) is 2.68. The van der Waals surface area contributed by atoms with E-state index in [2.05, 4.69) is 14.4 Å². The molecule has 1 rings (SSSR count). The number of aryl methyl sites for hydroxylation is 1. The molecule has 0 bridgehead atoms. The highest BCUT2D eigenvalue weighted by Crippen LogP contribution is 2.08. The van der Waals surface area contributed by atoms with E-state index in [9.17, 15) is 9.59 Å². The monoisotopic (exact) mass is 272 g/mol. The van der Waals surface area contributed by atoms with Crippen LogP contribution in [0.3, 0.4) is 0 Å². The summed E-state index contributed by atoms with van der Waals surface area (Å²) in [5.41, 5.74) is 0. The van der Waals surface area contributed by atoms with E-state index in [-0.39, 0.29) is 11.9 Å². The first-order valence-corrected chi connectivity index (χ1v) is 6.42. The van der Waals surface area contributed by atoms with E-state index in [4.69, 9.17) is 0 Å². The van der Waals surface area contributed by atoms with Crippen molar-refractivity contribution in [3.63, 3.8) is 0 Å². The molecule has 0 aliphatic heterocycles. The SMILES string of the molecule is COC(=O)C(C)C/C=C/CSn1c(C)noc1=O. The zero-order chi connectivity index (χ0) is 13.5. The van der Waals surface area contributed by atoms with Crippen molar-refractivity contribution < 1.29 is 14.1 Å². The van der Waals surface area contributed by atoms with E-state index < -0.39 is 5.76 Å². The van der Waals surface area contributed by atoms with Crippen LogP contribution in [0.5, 0.6) is 0 Å². The summed E-state index contributed by atoms with van der Waals surface area (Å²) in [7, 11) is 1.37. The number of hydrogen-bond donors (Lipinski definition) is 0. The molecule has 0 aliphatic carbocycles. The van der Waals surface area contributed by atoms with E-state index in [1.165, 1.54) is 23.0 Å². The van der Waals surface area contributed by atoms with Crippen LogP contribution in [-0.4, -0.2) is 28.0 Å². The molecule has 0 radical (unpaired) electrons. The van der Waals surface area contributed by atoms with Crippen LogP contribution in [0.1, 0.15) is 19.2 Å². The number of esters is 1. The summed E-state index contributed by atoms with van der Waals surface area (Å²) in [5, 5.41) is 3.55. The summed E-state index contributed by atoms with van der Waals surface area (Å²) in [6.07, 6.45) is 4.40. The van der Waals surface area contributed by atoms with E-state index >= 15 is 0 Å². The number of carbonyl (C=O) groups excluding carboxylic acids is 1. The van der Waals surface area contributed by atoms with Crippen molar-refractivity contribution in [2.75, 3.05) is 12.9 Å². The van der Waals surface area contributed by atoms with E-state index in [0.717, 1.165) is 0 Å². The Bertz CT molecular complexity index is 478. The Morgan fingerprint density at radius 3 is 2.89 bits per heavy atom. The number of allylic oxidation sites excluding steroid dienone is 1. The van der Waals surface area contributed by atoms with Crippen LogP contribution in [0.25, 0.3) is 0 Å². The lowest BCUT2D eigenvalue weighted by Crippen LogP contribution is -2.11. The van der Waals surface area contributed by atoms with Crippen molar-refractivity contribution in [1.29, 1.82) is 0 Å². The van der Waals surface area contributed by atoms with Crippen molar-refractivity contribution in [1.82, 2.24) is 9.13 Å². The number of ether oxygens (including phenoxy) is 1. The molecule has 0 spiro atoms. The number of methoxy groups -OCH3 is 1. The van der Waals surface area contributed by atoms with Gasteiger partial charge in [0.2, 0.25) is 0 Å². The lowest BCUT2D eigenvalue weighted by Gasteiger charge is -2.04. The Morgan fingerprint density at radius 1 is 1.61 bits per heavy atom. The molecule has 0 aromatic carbocycles. The van der Waals surface area contributed by atoms with Crippen molar-refractivity contribution in [3.05, 3.63) is 28.5 Å². The van der Waals surface area contributed by atoms with Gasteiger partial charge in [0.25, 0.3) is 0 Å². The molecule has 0 aliphatic rings. The van der Waals surface area contributed by atoms with Gasteiger partial charge in [0.1, 0.15) is 0 Å². The van der Waals surface area contributed by atoms with Gasteiger partial charge >= 0.3 is 11.7 Å². The Kier molecular flexibility index (Phi) is 5.70. The number of carbonyl (C=O) groups is 1. The Balaban J connectivity index is 2.34. The van der Waals surface area contributed by atoms with Crippen LogP contribution in [0, 0.1) is 12.8 Å². The normalized spacial score (nSPS) is 12.8. The molecule has 1 heterocycles. The van der Waals surface area contributed by atoms with Gasteiger partial charge in [-0.15, -0.1) is 0 Å². The fraction of sp³-hybridized carbons (Fsp3) is 0.545. The van der Waals surface area contributed by atoms with Crippen LogP contribution in [-0.2, 0) is 9.53 Å². The molecule has 0 N–H and O–H groups in total. The van der Waals surface area contributed by atoms with Gasteiger partial charge in [0.05, 0.1) is 13.0 Å². The standard InChI is InChI=1S/C11H16N2O4S/c1-8(10(14)16-3)6-4-5-7-18-13-9(2)12-17-11(13)15/h4-5,8H,6-7H2,1-3H3/b5-4+. The van der Waals surface area contributed by atoms with Crippen molar-refractivity contribution >= 4 is 17.9 Å². The molecule has 18 heavy (non-hydrogen) atoms. The first kappa shape index (κ1) is 14.6. The summed E-state index contributed by atoms with van der Waals surface area (Å²) < 4.78 is 10.5. The van der Waals surface area contributed by atoms with Crippen LogP contribution in [0.4, 0.5) is 0 Å². The number of nitrogens with zero attached hydrogens (tertiary/aromatic N) is 2. The smallest absolute Gasteiger partial charge is 0.452 e. The van der Waals surface area contributed by atoms with Crippen molar-refractivity contribution in [2.45, 2.75) is 20.3 Å². The number of hydrogen-bond acceptors (Lipinski definition) is 6. The fourth-order valence-electron chi connectivity index (χ4n) is 1.24. The summed E-state index contributed by atoms with van der Waals surface area (Å²) >= 11 is 1.29. The quantitative estimate of drug-likeness (QED) is 0.575. The van der Waals surface area contributed by atoms with Gasteiger partial charge in [-0.25, -0.2) is 8.77 Å². The average molecular weight is 272 g/mol. The van der Waals surface area contributed by atoms with Gasteiger partial charge in [0.15, 0.2) is 5.82 Å². The van der Waals surface area contributed by atoms with Crippen LogP contribution < -0.4 is 5.76 Å². The lowest BCUT2D eigenvalue weighted by atomic mass is 10.1. The summed E-state index contributed by atoms with van der Waals surface area (Å²) in [6, 6.07) is 0. The molecule has 6 nitrogen and oxygen atoms in total. The van der Waals surface area contributed by atoms with Crippen molar-refractivity contribution in [3.8, 4) is 0 Å². The van der Waals surface area contributed by atoms with Gasteiger partial charge in [-0.05, 0) is 25.3 Å². The van der Waals surface area contributed by atoms with Gasteiger partial charge in [-0.2, -0.15) is 0 Å². The predicted molar refractivity (Wildman–Crippen MR) is 68.3 cm³/mol. The molecule has 7 heteroatoms. The van der Waals surface area contributed by atoms with Crippen LogP contribution in [0.15, 0.2) is 21.5 Å². The third-order valence-corrected chi connectivity index (χ3v) is 3.29. The van der Waals surface area contributed by atoms with Gasteiger partial charge in [-0.3, -0.25) is 9.32 Å². The van der Waals surface area contributed by atoms with E-state index in [1.807, 2.05) is 12.2 Å². The second kappa shape index (κ2) is 7.05. The van der Waals surface area contributed by atoms with E-state index in [1.54, 1.807) is 13.8 Å². The first-order valence-electron chi connectivity index (χ1n) is 5.47. The fourth-order valence-corrected chi connectivity index (χ4v) is 1.97. The molecule has 0 saturated heterocycles. The third kappa shape index (κ3) is 4.06. The topological polar surface area (TPSA) is 74.3 Å². The van der Waals surface area contributed by atoms with Crippen LogP contribution in [0.2, 0.25) is 0 Å². The highest BCUT2D eigenvalue weighted by molar-refractivity contribution is 7.97. The minimum atomic E-state index is -0.478. The summed E-state index contributed by atoms with van der Waals surface area (Å²) in [4.78, 5) is 22.3. The second-order valence-corrected chi connectivity index (χ2v) is 4.67. The molecule has 1 unspecified atom stereocenters. The molecule has 100 valence electrons. The maximum absolute atomic E-state index is 11.2. The van der Waals surface area contributed by atoms with Gasteiger partial charge in [0, 0.05) is 5.75 Å². The maximum Gasteiger partial charge on any atom is 0.452 e. The first-order chi connectivity index (χ1) is 8.56. The van der Waals surface area contributed by atoms with E-state index in [0.29, 0.717) is 18.0 Å². The third-order valence-electron chi connectivity index (χ3n) is 2.28. The number of rotatable bonds is 6. The highest BCUT2D eigenvalue weighted by Gasteiger charge is 2.10. The molecule has 0 fully saturated rings. The Labute approximate surface area is 109 Å². The summed E-state index contributed by atoms with van der Waals surface area (Å²) in [5.74, 6) is 0.278. The van der Waals surface area contributed by atoms with Crippen molar-refractivity contribution in [2.24, 2.45) is 5.92 Å². The molecule has 1 aromatic heterocycles. The lowest BCUT2D eigenvalue weighted by molar-refractivity contribution is -0.144. The number of aromatic nitrogens is 2. The molecular formula is C11H16N2O4S. The predicted octanol–water partition coefficient (Wildman–Crippen LogP) is 1.40. The molecule has 0 saturated carbocycles. The zero-order valence-electron chi connectivity index (χ0n) is 10.6. The summed E-state index contributed by atoms with van der Waals surface area (Å²) in [6.45, 7) is 3.50. The molecule has 1 atom stereocenters. The second-order valence-electron chi connectivity index (χ2n) is 3.72. The molecule has 1 aromatic rings. The minimum Gasteiger partial charge on any atom is -0.469 e. The van der Waals surface area contributed by atoms with Gasteiger partial charge < -0.3 is 4.74 Å². The highest BCUT2D eigenvalue weighted by atomic mass is 32.2. The minimum absolute atomic E-state index is 0.156. The largest absolute Gasteiger partial charge is 0.469 e. The van der Waals surface area contributed by atoms with Crippen LogP contribution >= 0.6 is 11.9 Å². The molecular weight excluding hydrogens is 256 g/mol. The maximum atomic E-state index is 11.2. The Morgan fingerprint density at radius 2 is 2.33 bits per heavy atom. The molecule has 0 amide bonds.